The van der Waals surface area contributed by atoms with Crippen molar-refractivity contribution in [1.82, 2.24) is 25.5 Å². The lowest BCUT2D eigenvalue weighted by atomic mass is 10.0. The number of benzene rings is 1. The molecule has 30 heavy (non-hydrogen) atoms. The van der Waals surface area contributed by atoms with E-state index in [0.717, 1.165) is 30.7 Å². The molecule has 1 amide bonds. The SMILES string of the molecule is O=C1SCC(/C=C/C(O)C(F)(F)c2ccccc2)N1CCC/C=C/Cc1nn[nH]n1. The van der Waals surface area contributed by atoms with Crippen LogP contribution in [0.2, 0.25) is 0 Å². The Kier molecular flexibility index (Phi) is 7.69. The molecule has 1 fully saturated rings. The molecular weight excluding hydrogens is 412 g/mol. The zero-order valence-electron chi connectivity index (χ0n) is 16.2. The van der Waals surface area contributed by atoms with E-state index in [1.807, 2.05) is 12.2 Å². The van der Waals surface area contributed by atoms with E-state index in [4.69, 9.17) is 0 Å². The van der Waals surface area contributed by atoms with Gasteiger partial charge < -0.3 is 10.0 Å². The number of aromatic amines is 1. The normalized spacial score (nSPS) is 18.7. The van der Waals surface area contributed by atoms with Crippen LogP contribution in [0.5, 0.6) is 0 Å². The number of nitrogens with one attached hydrogen (secondary N) is 1. The number of hydrogen-bond acceptors (Lipinski definition) is 6. The Morgan fingerprint density at radius 1 is 1.33 bits per heavy atom. The van der Waals surface area contributed by atoms with Gasteiger partial charge in [-0.05, 0) is 12.8 Å². The van der Waals surface area contributed by atoms with E-state index >= 15 is 0 Å². The number of alkyl halides is 2. The number of hydrogen-bond donors (Lipinski definition) is 2. The quantitative estimate of drug-likeness (QED) is 0.439. The minimum Gasteiger partial charge on any atom is -0.382 e. The summed E-state index contributed by atoms with van der Waals surface area (Å²) in [6.45, 7) is 0.512. The highest BCUT2D eigenvalue weighted by atomic mass is 32.2. The van der Waals surface area contributed by atoms with E-state index in [2.05, 4.69) is 20.6 Å². The first-order chi connectivity index (χ1) is 14.5. The Balaban J connectivity index is 1.49. The van der Waals surface area contributed by atoms with Gasteiger partial charge >= 0.3 is 5.92 Å². The second-order valence-electron chi connectivity index (χ2n) is 6.80. The van der Waals surface area contributed by atoms with Crippen LogP contribution in [-0.2, 0) is 12.3 Å². The van der Waals surface area contributed by atoms with Gasteiger partial charge in [0.05, 0.1) is 6.04 Å². The molecule has 1 aromatic carbocycles. The first kappa shape index (κ1) is 22.1. The number of halogens is 2. The Morgan fingerprint density at radius 3 is 2.87 bits per heavy atom. The van der Waals surface area contributed by atoms with Crippen LogP contribution in [-0.4, -0.2) is 60.3 Å². The number of carbonyl (C=O) groups is 1. The van der Waals surface area contributed by atoms with Crippen molar-refractivity contribution in [3.8, 4) is 0 Å². The molecule has 160 valence electrons. The van der Waals surface area contributed by atoms with E-state index in [0.29, 0.717) is 24.5 Å². The number of allylic oxidation sites excluding steroid dienone is 2. The van der Waals surface area contributed by atoms with Gasteiger partial charge in [-0.3, -0.25) is 4.79 Å². The minimum atomic E-state index is -3.40. The number of thioether (sulfide) groups is 1. The van der Waals surface area contributed by atoms with Crippen molar-refractivity contribution in [2.24, 2.45) is 0 Å². The van der Waals surface area contributed by atoms with Gasteiger partial charge in [0.1, 0.15) is 6.10 Å². The number of nitrogens with zero attached hydrogens (tertiary/aromatic N) is 4. The summed E-state index contributed by atoms with van der Waals surface area (Å²) in [5.74, 6) is -2.32. The molecule has 2 atom stereocenters. The third-order valence-corrected chi connectivity index (χ3v) is 5.67. The number of aliphatic hydroxyl groups excluding tert-OH is 1. The van der Waals surface area contributed by atoms with Crippen LogP contribution >= 0.6 is 11.8 Å². The number of unbranched alkanes of at least 4 members (excludes halogenated alkanes) is 1. The number of carbonyl (C=O) groups excluding carboxylic acids is 1. The highest BCUT2D eigenvalue weighted by molar-refractivity contribution is 8.13. The molecule has 7 nitrogen and oxygen atoms in total. The van der Waals surface area contributed by atoms with Crippen molar-refractivity contribution in [2.45, 2.75) is 37.3 Å². The van der Waals surface area contributed by atoms with E-state index in [9.17, 15) is 18.7 Å². The lowest BCUT2D eigenvalue weighted by Gasteiger charge is -2.23. The highest BCUT2D eigenvalue weighted by Crippen LogP contribution is 2.33. The van der Waals surface area contributed by atoms with Crippen molar-refractivity contribution >= 4 is 17.0 Å². The van der Waals surface area contributed by atoms with Crippen LogP contribution in [0.3, 0.4) is 0 Å². The highest BCUT2D eigenvalue weighted by Gasteiger charge is 2.39. The van der Waals surface area contributed by atoms with Crippen molar-refractivity contribution in [3.05, 3.63) is 66.0 Å². The Hall–Kier alpha value is -2.59. The summed E-state index contributed by atoms with van der Waals surface area (Å²) in [6.07, 6.45) is 6.63. The van der Waals surface area contributed by atoms with E-state index < -0.39 is 12.0 Å². The molecule has 1 aliphatic rings. The van der Waals surface area contributed by atoms with Gasteiger partial charge in [-0.15, -0.1) is 10.2 Å². The maximum Gasteiger partial charge on any atom is 0.302 e. The molecular formula is C20H23F2N5O2S. The molecule has 1 saturated heterocycles. The Bertz CT molecular complexity index is 861. The summed E-state index contributed by atoms with van der Waals surface area (Å²) in [4.78, 5) is 13.8. The summed E-state index contributed by atoms with van der Waals surface area (Å²) < 4.78 is 28.8. The summed E-state index contributed by atoms with van der Waals surface area (Å²) in [6, 6.07) is 6.90. The molecule has 1 aromatic heterocycles. The summed E-state index contributed by atoms with van der Waals surface area (Å²) >= 11 is 1.16. The number of H-pyrrole nitrogens is 1. The zero-order chi connectivity index (χ0) is 21.4. The van der Waals surface area contributed by atoms with Crippen molar-refractivity contribution in [1.29, 1.82) is 0 Å². The third-order valence-electron chi connectivity index (χ3n) is 4.68. The number of rotatable bonds is 10. The first-order valence-electron chi connectivity index (χ1n) is 9.59. The van der Waals surface area contributed by atoms with Gasteiger partial charge in [0.2, 0.25) is 0 Å². The topological polar surface area (TPSA) is 95.0 Å². The molecule has 2 unspecified atom stereocenters. The van der Waals surface area contributed by atoms with E-state index in [1.54, 1.807) is 11.0 Å². The molecule has 2 heterocycles. The molecule has 0 bridgehead atoms. The summed E-state index contributed by atoms with van der Waals surface area (Å²) in [7, 11) is 0. The van der Waals surface area contributed by atoms with E-state index in [-0.39, 0.29) is 16.8 Å². The molecule has 3 rings (SSSR count). The van der Waals surface area contributed by atoms with Crippen LogP contribution in [0.15, 0.2) is 54.6 Å². The van der Waals surface area contributed by atoms with Gasteiger partial charge in [0, 0.05) is 24.3 Å². The van der Waals surface area contributed by atoms with E-state index in [1.165, 1.54) is 30.3 Å². The molecule has 0 saturated carbocycles. The summed E-state index contributed by atoms with van der Waals surface area (Å²) in [5.41, 5.74) is -0.247. The second-order valence-corrected chi connectivity index (χ2v) is 7.77. The maximum absolute atomic E-state index is 14.4. The molecule has 2 N–H and O–H groups in total. The number of amides is 1. The van der Waals surface area contributed by atoms with Gasteiger partial charge in [-0.1, -0.05) is 71.6 Å². The smallest absolute Gasteiger partial charge is 0.302 e. The monoisotopic (exact) mass is 435 g/mol. The Labute approximate surface area is 177 Å². The first-order valence-corrected chi connectivity index (χ1v) is 10.6. The molecule has 10 heteroatoms. The fourth-order valence-electron chi connectivity index (χ4n) is 3.02. The molecule has 2 aromatic rings. The lowest BCUT2D eigenvalue weighted by molar-refractivity contribution is -0.0929. The molecule has 0 radical (unpaired) electrons. The molecule has 0 spiro atoms. The lowest BCUT2D eigenvalue weighted by Crippen LogP contribution is -2.34. The molecule has 1 aliphatic heterocycles. The van der Waals surface area contributed by atoms with Crippen molar-refractivity contribution in [3.63, 3.8) is 0 Å². The van der Waals surface area contributed by atoms with Crippen molar-refractivity contribution < 1.29 is 18.7 Å². The average molecular weight is 436 g/mol. The number of tetrazole rings is 1. The number of aliphatic hydroxyl groups is 1. The second kappa shape index (κ2) is 10.4. The fraction of sp³-hybridized carbons (Fsp3) is 0.400. The van der Waals surface area contributed by atoms with Crippen LogP contribution in [0.25, 0.3) is 0 Å². The van der Waals surface area contributed by atoms with Gasteiger partial charge in [0.25, 0.3) is 5.24 Å². The average Bonchev–Trinajstić information content (AvgIpc) is 3.39. The predicted octanol–water partition coefficient (Wildman–Crippen LogP) is 3.33. The van der Waals surface area contributed by atoms with Crippen LogP contribution in [0.4, 0.5) is 13.6 Å². The van der Waals surface area contributed by atoms with Gasteiger partial charge in [-0.25, -0.2) is 0 Å². The summed E-state index contributed by atoms with van der Waals surface area (Å²) in [5, 5.41) is 23.5. The van der Waals surface area contributed by atoms with Crippen LogP contribution < -0.4 is 0 Å². The fourth-order valence-corrected chi connectivity index (χ4v) is 4.02. The predicted molar refractivity (Wildman–Crippen MR) is 110 cm³/mol. The molecule has 0 aliphatic carbocycles. The Morgan fingerprint density at radius 2 is 2.13 bits per heavy atom. The maximum atomic E-state index is 14.4. The zero-order valence-corrected chi connectivity index (χ0v) is 17.0. The van der Waals surface area contributed by atoms with Gasteiger partial charge in [-0.2, -0.15) is 14.0 Å². The van der Waals surface area contributed by atoms with Crippen LogP contribution in [0.1, 0.15) is 24.2 Å². The third kappa shape index (κ3) is 5.73. The number of aromatic nitrogens is 4. The van der Waals surface area contributed by atoms with Gasteiger partial charge in [0.15, 0.2) is 5.82 Å². The van der Waals surface area contributed by atoms with Crippen molar-refractivity contribution in [2.75, 3.05) is 12.3 Å². The minimum absolute atomic E-state index is 0.0789. The standard InChI is InChI=1S/C20H23F2N5O2S/c21-20(22,15-8-4-3-5-9-15)17(28)12-11-16-14-30-19(29)27(16)13-7-2-1-6-10-18-23-25-26-24-18/h1,3-6,8-9,11-12,16-17,28H,2,7,10,13-14H2,(H,23,24,25,26)/b6-1+,12-11+. The largest absolute Gasteiger partial charge is 0.382 e. The van der Waals surface area contributed by atoms with Crippen LogP contribution in [0, 0.1) is 0 Å².